The summed E-state index contributed by atoms with van der Waals surface area (Å²) in [6, 6.07) is 10.7. The van der Waals surface area contributed by atoms with Crippen molar-refractivity contribution in [2.75, 3.05) is 19.6 Å². The molecule has 2 heteroatoms. The molecule has 2 N–H and O–H groups in total. The highest BCUT2D eigenvalue weighted by Gasteiger charge is 2.42. The summed E-state index contributed by atoms with van der Waals surface area (Å²) in [6.07, 6.45) is 8.39. The average molecular weight is 258 g/mol. The molecule has 2 nitrogen and oxygen atoms in total. The second kappa shape index (κ2) is 5.64. The molecule has 1 spiro atoms. The number of benzene rings is 1. The molecule has 0 bridgehead atoms. The number of nitrogens with zero attached hydrogens (tertiary/aromatic N) is 1. The lowest BCUT2D eigenvalue weighted by atomic mass is 9.68. The molecule has 19 heavy (non-hydrogen) atoms. The molecule has 104 valence electrons. The Morgan fingerprint density at radius 3 is 2.42 bits per heavy atom. The molecule has 1 unspecified atom stereocenters. The van der Waals surface area contributed by atoms with E-state index in [-0.39, 0.29) is 6.04 Å². The maximum atomic E-state index is 6.27. The third-order valence-corrected chi connectivity index (χ3v) is 5.02. The second-order valence-corrected chi connectivity index (χ2v) is 6.58. The second-order valence-electron chi connectivity index (χ2n) is 6.58. The first-order valence-electron chi connectivity index (χ1n) is 7.80. The van der Waals surface area contributed by atoms with Gasteiger partial charge in [-0.3, -0.25) is 0 Å². The molecule has 1 aliphatic carbocycles. The van der Waals surface area contributed by atoms with Crippen molar-refractivity contribution in [3.05, 3.63) is 35.9 Å². The monoisotopic (exact) mass is 258 g/mol. The topological polar surface area (TPSA) is 29.3 Å². The van der Waals surface area contributed by atoms with Gasteiger partial charge in [0.1, 0.15) is 0 Å². The highest BCUT2D eigenvalue weighted by Crippen LogP contribution is 2.43. The van der Waals surface area contributed by atoms with Crippen LogP contribution in [0.1, 0.15) is 50.1 Å². The zero-order chi connectivity index (χ0) is 13.1. The molecule has 2 aliphatic rings. The largest absolute Gasteiger partial charge is 0.324 e. The van der Waals surface area contributed by atoms with Crippen LogP contribution in [0.2, 0.25) is 0 Å². The predicted octanol–water partition coefficient (Wildman–Crippen LogP) is 3.34. The van der Waals surface area contributed by atoms with E-state index in [9.17, 15) is 0 Å². The summed E-state index contributed by atoms with van der Waals surface area (Å²) in [5.74, 6) is 0. The highest BCUT2D eigenvalue weighted by molar-refractivity contribution is 5.18. The zero-order valence-electron chi connectivity index (χ0n) is 11.9. The Kier molecular flexibility index (Phi) is 3.90. The molecule has 0 amide bonds. The third-order valence-electron chi connectivity index (χ3n) is 5.02. The maximum absolute atomic E-state index is 6.27. The molecule has 1 saturated heterocycles. The fourth-order valence-electron chi connectivity index (χ4n) is 3.87. The first kappa shape index (κ1) is 13.1. The van der Waals surface area contributed by atoms with Gasteiger partial charge in [-0.25, -0.2) is 0 Å². The van der Waals surface area contributed by atoms with Gasteiger partial charge >= 0.3 is 0 Å². The van der Waals surface area contributed by atoms with Crippen molar-refractivity contribution in [1.29, 1.82) is 0 Å². The predicted molar refractivity (Wildman–Crippen MR) is 79.9 cm³/mol. The first-order chi connectivity index (χ1) is 9.27. The van der Waals surface area contributed by atoms with Crippen LogP contribution in [-0.4, -0.2) is 24.5 Å². The van der Waals surface area contributed by atoms with E-state index >= 15 is 0 Å². The SMILES string of the molecule is NC(CCN1CC2(CCCCC2)C1)c1ccccc1. The minimum absolute atomic E-state index is 0.198. The highest BCUT2D eigenvalue weighted by atomic mass is 15.2. The van der Waals surface area contributed by atoms with Crippen molar-refractivity contribution in [1.82, 2.24) is 4.90 Å². The van der Waals surface area contributed by atoms with E-state index in [0.717, 1.165) is 13.0 Å². The normalized spacial score (nSPS) is 24.1. The molecule has 0 radical (unpaired) electrons. The number of likely N-dealkylation sites (tertiary alicyclic amines) is 1. The number of rotatable bonds is 4. The van der Waals surface area contributed by atoms with Crippen LogP contribution in [-0.2, 0) is 0 Å². The minimum atomic E-state index is 0.198. The van der Waals surface area contributed by atoms with Crippen molar-refractivity contribution in [2.24, 2.45) is 11.1 Å². The fraction of sp³-hybridized carbons (Fsp3) is 0.647. The van der Waals surface area contributed by atoms with Gasteiger partial charge in [0.25, 0.3) is 0 Å². The van der Waals surface area contributed by atoms with Crippen LogP contribution in [0, 0.1) is 5.41 Å². The van der Waals surface area contributed by atoms with Crippen LogP contribution in [0.3, 0.4) is 0 Å². The van der Waals surface area contributed by atoms with E-state index in [4.69, 9.17) is 5.73 Å². The van der Waals surface area contributed by atoms with Crippen LogP contribution in [0.25, 0.3) is 0 Å². The third kappa shape index (κ3) is 3.01. The molecule has 0 aromatic heterocycles. The maximum Gasteiger partial charge on any atom is 0.0307 e. The number of hydrogen-bond acceptors (Lipinski definition) is 2. The van der Waals surface area contributed by atoms with E-state index in [1.807, 2.05) is 0 Å². The number of nitrogens with two attached hydrogens (primary N) is 1. The van der Waals surface area contributed by atoms with E-state index in [1.165, 1.54) is 50.8 Å². The van der Waals surface area contributed by atoms with Crippen LogP contribution in [0.4, 0.5) is 0 Å². The van der Waals surface area contributed by atoms with Crippen LogP contribution < -0.4 is 5.73 Å². The van der Waals surface area contributed by atoms with Crippen molar-refractivity contribution in [2.45, 2.75) is 44.6 Å². The van der Waals surface area contributed by atoms with Crippen LogP contribution in [0.5, 0.6) is 0 Å². The molecule has 3 rings (SSSR count). The Balaban J connectivity index is 1.42. The summed E-state index contributed by atoms with van der Waals surface area (Å²) in [5.41, 5.74) is 8.24. The molecule has 1 heterocycles. The summed E-state index contributed by atoms with van der Waals surface area (Å²) in [5, 5.41) is 0. The van der Waals surface area contributed by atoms with Crippen LogP contribution in [0.15, 0.2) is 30.3 Å². The Morgan fingerprint density at radius 1 is 1.05 bits per heavy atom. The Bertz CT molecular complexity index is 387. The lowest BCUT2D eigenvalue weighted by Crippen LogP contribution is -2.57. The van der Waals surface area contributed by atoms with Crippen LogP contribution >= 0.6 is 0 Å². The fourth-order valence-corrected chi connectivity index (χ4v) is 3.87. The van der Waals surface area contributed by atoms with E-state index in [1.54, 1.807) is 0 Å². The Hall–Kier alpha value is -0.860. The van der Waals surface area contributed by atoms with Gasteiger partial charge in [0.05, 0.1) is 0 Å². The van der Waals surface area contributed by atoms with Gasteiger partial charge in [-0.15, -0.1) is 0 Å². The molecule has 1 aromatic rings. The van der Waals surface area contributed by atoms with Gasteiger partial charge in [-0.05, 0) is 36.8 Å². The zero-order valence-corrected chi connectivity index (χ0v) is 11.9. The number of hydrogen-bond donors (Lipinski definition) is 1. The molecule has 2 fully saturated rings. The van der Waals surface area contributed by atoms with Crippen molar-refractivity contribution in [3.63, 3.8) is 0 Å². The standard InChI is InChI=1S/C17H26N2/c18-16(15-7-3-1-4-8-15)9-12-19-13-17(14-19)10-5-2-6-11-17/h1,3-4,7-8,16H,2,5-6,9-14,18H2. The van der Waals surface area contributed by atoms with Gasteiger partial charge in [0.2, 0.25) is 0 Å². The van der Waals surface area contributed by atoms with Gasteiger partial charge in [0.15, 0.2) is 0 Å². The molecule has 1 aliphatic heterocycles. The average Bonchev–Trinajstić information content (AvgIpc) is 2.44. The quantitative estimate of drug-likeness (QED) is 0.897. The summed E-state index contributed by atoms with van der Waals surface area (Å²) in [6.45, 7) is 3.82. The summed E-state index contributed by atoms with van der Waals surface area (Å²) >= 11 is 0. The lowest BCUT2D eigenvalue weighted by molar-refractivity contribution is -0.0290. The Morgan fingerprint density at radius 2 is 1.74 bits per heavy atom. The van der Waals surface area contributed by atoms with Crippen molar-refractivity contribution >= 4 is 0 Å². The van der Waals surface area contributed by atoms with E-state index < -0.39 is 0 Å². The molecular formula is C17H26N2. The Labute approximate surface area is 117 Å². The first-order valence-corrected chi connectivity index (χ1v) is 7.80. The van der Waals surface area contributed by atoms with Gasteiger partial charge < -0.3 is 10.6 Å². The smallest absolute Gasteiger partial charge is 0.0307 e. The molecular weight excluding hydrogens is 232 g/mol. The van der Waals surface area contributed by atoms with Gasteiger partial charge in [-0.2, -0.15) is 0 Å². The molecule has 1 aromatic carbocycles. The van der Waals surface area contributed by atoms with Crippen molar-refractivity contribution in [3.8, 4) is 0 Å². The van der Waals surface area contributed by atoms with E-state index in [0.29, 0.717) is 5.41 Å². The van der Waals surface area contributed by atoms with E-state index in [2.05, 4.69) is 35.2 Å². The van der Waals surface area contributed by atoms with Gasteiger partial charge in [-0.1, -0.05) is 49.6 Å². The van der Waals surface area contributed by atoms with Gasteiger partial charge in [0, 0.05) is 19.1 Å². The summed E-state index contributed by atoms with van der Waals surface area (Å²) in [7, 11) is 0. The lowest BCUT2D eigenvalue weighted by Gasteiger charge is -2.53. The molecule has 1 saturated carbocycles. The summed E-state index contributed by atoms with van der Waals surface area (Å²) < 4.78 is 0. The minimum Gasteiger partial charge on any atom is -0.324 e. The summed E-state index contributed by atoms with van der Waals surface area (Å²) in [4.78, 5) is 2.61. The van der Waals surface area contributed by atoms with Crippen molar-refractivity contribution < 1.29 is 0 Å². The molecule has 1 atom stereocenters.